The molecule has 152 valence electrons. The number of hydrazone groups is 1. The van der Waals surface area contributed by atoms with E-state index in [9.17, 15) is 9.59 Å². The Morgan fingerprint density at radius 2 is 1.97 bits per heavy atom. The molecular weight excluding hydrogens is 419 g/mol. The Morgan fingerprint density at radius 1 is 1.28 bits per heavy atom. The van der Waals surface area contributed by atoms with Crippen molar-refractivity contribution in [3.05, 3.63) is 55.9 Å². The van der Waals surface area contributed by atoms with Crippen molar-refractivity contribution in [3.8, 4) is 11.6 Å². The predicted molar refractivity (Wildman–Crippen MR) is 112 cm³/mol. The van der Waals surface area contributed by atoms with E-state index in [2.05, 4.69) is 27.2 Å². The summed E-state index contributed by atoms with van der Waals surface area (Å²) in [5, 5.41) is 14.1. The standard InChI is InChI=1S/C18H18Cl2N6O3/c1-7(2)10-5-13(23-24-17(10)27)29-15-11(19)6-12(8(3)14(15)20)26-18(28)22-9(4)16(21)25-26/h5-7H,4H2,1-3H3,(H2,21,25)(H,22,28)(H,24,27). The van der Waals surface area contributed by atoms with Crippen molar-refractivity contribution in [1.82, 2.24) is 15.5 Å². The highest BCUT2D eigenvalue weighted by Crippen LogP contribution is 2.43. The zero-order valence-corrected chi connectivity index (χ0v) is 17.4. The maximum Gasteiger partial charge on any atom is 0.347 e. The van der Waals surface area contributed by atoms with Gasteiger partial charge >= 0.3 is 6.03 Å². The van der Waals surface area contributed by atoms with Crippen LogP contribution in [0.3, 0.4) is 0 Å². The Balaban J connectivity index is 2.03. The highest BCUT2D eigenvalue weighted by atomic mass is 35.5. The topological polar surface area (TPSA) is 126 Å². The number of hydrogen-bond donors (Lipinski definition) is 3. The number of benzene rings is 1. The lowest BCUT2D eigenvalue weighted by Gasteiger charge is -2.26. The number of carbonyl (C=O) groups is 1. The van der Waals surface area contributed by atoms with E-state index < -0.39 is 6.03 Å². The summed E-state index contributed by atoms with van der Waals surface area (Å²) in [6.07, 6.45) is 0. The van der Waals surface area contributed by atoms with Crippen LogP contribution >= 0.6 is 23.2 Å². The number of aromatic amines is 1. The van der Waals surface area contributed by atoms with Gasteiger partial charge in [-0.1, -0.05) is 43.6 Å². The number of urea groups is 1. The van der Waals surface area contributed by atoms with Gasteiger partial charge < -0.3 is 15.8 Å². The van der Waals surface area contributed by atoms with Crippen molar-refractivity contribution < 1.29 is 9.53 Å². The van der Waals surface area contributed by atoms with E-state index in [1.807, 2.05) is 13.8 Å². The fourth-order valence-corrected chi connectivity index (χ4v) is 3.13. The SMILES string of the molecule is C=C1NC(=O)N(c2cc(Cl)c(Oc3cc(C(C)C)c(=O)[nH]n3)c(Cl)c2C)N=C1N. The molecule has 2 aromatic rings. The van der Waals surface area contributed by atoms with Crippen molar-refractivity contribution in [1.29, 1.82) is 0 Å². The highest BCUT2D eigenvalue weighted by Gasteiger charge is 2.27. The van der Waals surface area contributed by atoms with Gasteiger partial charge in [0.25, 0.3) is 5.56 Å². The normalized spacial score (nSPS) is 14.1. The van der Waals surface area contributed by atoms with E-state index in [1.165, 1.54) is 12.1 Å². The number of amides is 2. The van der Waals surface area contributed by atoms with Gasteiger partial charge in [-0.2, -0.15) is 5.01 Å². The second-order valence-corrected chi connectivity index (χ2v) is 7.38. The van der Waals surface area contributed by atoms with E-state index in [0.29, 0.717) is 16.8 Å². The number of nitrogens with two attached hydrogens (primary N) is 1. The molecule has 0 fully saturated rings. The van der Waals surface area contributed by atoms with Crippen molar-refractivity contribution in [2.75, 3.05) is 5.01 Å². The smallest absolute Gasteiger partial charge is 0.347 e. The van der Waals surface area contributed by atoms with Crippen LogP contribution in [-0.4, -0.2) is 22.1 Å². The van der Waals surface area contributed by atoms with Crippen LogP contribution < -0.4 is 26.4 Å². The number of rotatable bonds is 4. The molecule has 2 heterocycles. The first-order valence-electron chi connectivity index (χ1n) is 8.50. The van der Waals surface area contributed by atoms with E-state index in [-0.39, 0.29) is 44.7 Å². The Bertz CT molecular complexity index is 1110. The van der Waals surface area contributed by atoms with Crippen LogP contribution in [0, 0.1) is 6.92 Å². The largest absolute Gasteiger partial charge is 0.434 e. The van der Waals surface area contributed by atoms with E-state index >= 15 is 0 Å². The van der Waals surface area contributed by atoms with Gasteiger partial charge in [0.1, 0.15) is 0 Å². The first kappa shape index (κ1) is 20.7. The van der Waals surface area contributed by atoms with E-state index in [0.717, 1.165) is 5.01 Å². The van der Waals surface area contributed by atoms with Crippen molar-refractivity contribution in [3.63, 3.8) is 0 Å². The molecule has 0 unspecified atom stereocenters. The number of hydrogen-bond acceptors (Lipinski definition) is 6. The lowest BCUT2D eigenvalue weighted by atomic mass is 10.1. The molecule has 0 bridgehead atoms. The van der Waals surface area contributed by atoms with Gasteiger partial charge in [-0.25, -0.2) is 9.89 Å². The summed E-state index contributed by atoms with van der Waals surface area (Å²) in [7, 11) is 0. The zero-order chi connectivity index (χ0) is 21.5. The Kier molecular flexibility index (Phi) is 5.54. The minimum absolute atomic E-state index is 0.0326. The first-order chi connectivity index (χ1) is 13.6. The minimum atomic E-state index is -0.558. The maximum absolute atomic E-state index is 12.3. The van der Waals surface area contributed by atoms with Crippen LogP contribution in [0.2, 0.25) is 10.0 Å². The van der Waals surface area contributed by atoms with Crippen LogP contribution in [0.4, 0.5) is 10.5 Å². The summed E-state index contributed by atoms with van der Waals surface area (Å²) in [6, 6.07) is 2.43. The fourth-order valence-electron chi connectivity index (χ4n) is 2.60. The van der Waals surface area contributed by atoms with Crippen molar-refractivity contribution in [2.45, 2.75) is 26.7 Å². The van der Waals surface area contributed by atoms with Gasteiger partial charge in [0, 0.05) is 11.6 Å². The number of aromatic nitrogens is 2. The van der Waals surface area contributed by atoms with E-state index in [4.69, 9.17) is 33.7 Å². The molecule has 1 aromatic carbocycles. The zero-order valence-electron chi connectivity index (χ0n) is 15.8. The third kappa shape index (κ3) is 3.92. The molecule has 29 heavy (non-hydrogen) atoms. The number of nitrogens with zero attached hydrogens (tertiary/aromatic N) is 3. The van der Waals surface area contributed by atoms with Gasteiger partial charge in [-0.05, 0) is 24.5 Å². The second kappa shape index (κ2) is 7.76. The third-order valence-corrected chi connectivity index (χ3v) is 4.96. The number of anilines is 1. The number of nitrogens with one attached hydrogen (secondary N) is 2. The summed E-state index contributed by atoms with van der Waals surface area (Å²) in [6.45, 7) is 9.01. The number of halogens is 2. The minimum Gasteiger partial charge on any atom is -0.434 e. The summed E-state index contributed by atoms with van der Waals surface area (Å²) in [4.78, 5) is 24.1. The summed E-state index contributed by atoms with van der Waals surface area (Å²) in [5.74, 6) is 0.270. The molecule has 4 N–H and O–H groups in total. The molecule has 0 spiro atoms. The van der Waals surface area contributed by atoms with Gasteiger partial charge in [-0.3, -0.25) is 4.79 Å². The van der Waals surface area contributed by atoms with E-state index in [1.54, 1.807) is 6.92 Å². The molecule has 3 rings (SSSR count). The molecule has 2 amide bonds. The number of H-pyrrole nitrogens is 1. The molecule has 9 nitrogen and oxygen atoms in total. The molecule has 11 heteroatoms. The van der Waals surface area contributed by atoms with Crippen LogP contribution in [0.15, 0.2) is 34.3 Å². The molecule has 1 aliphatic rings. The number of amidine groups is 1. The Hall–Kier alpha value is -3.04. The quantitative estimate of drug-likeness (QED) is 0.674. The van der Waals surface area contributed by atoms with Gasteiger partial charge in [-0.15, -0.1) is 10.2 Å². The number of ether oxygens (including phenoxy) is 1. The Labute approximate surface area is 176 Å². The summed E-state index contributed by atoms with van der Waals surface area (Å²) in [5.41, 5.74) is 6.94. The molecule has 0 saturated heterocycles. The monoisotopic (exact) mass is 436 g/mol. The van der Waals surface area contributed by atoms with Gasteiger partial charge in [0.05, 0.1) is 21.4 Å². The maximum atomic E-state index is 12.3. The number of carbonyl (C=O) groups excluding carboxylic acids is 1. The van der Waals surface area contributed by atoms with Crippen LogP contribution in [0.1, 0.15) is 30.9 Å². The van der Waals surface area contributed by atoms with Crippen molar-refractivity contribution >= 4 is 40.8 Å². The average molecular weight is 437 g/mol. The second-order valence-electron chi connectivity index (χ2n) is 6.60. The summed E-state index contributed by atoms with van der Waals surface area (Å²) >= 11 is 12.8. The lowest BCUT2D eigenvalue weighted by molar-refractivity contribution is 0.248. The molecule has 0 aliphatic carbocycles. The molecule has 0 radical (unpaired) electrons. The van der Waals surface area contributed by atoms with Crippen LogP contribution in [0.25, 0.3) is 0 Å². The predicted octanol–water partition coefficient (Wildman–Crippen LogP) is 3.62. The average Bonchev–Trinajstić information content (AvgIpc) is 2.66. The van der Waals surface area contributed by atoms with Gasteiger partial charge in [0.15, 0.2) is 11.6 Å². The lowest BCUT2D eigenvalue weighted by Crippen LogP contribution is -2.45. The summed E-state index contributed by atoms with van der Waals surface area (Å²) < 4.78 is 5.74. The molecule has 0 atom stereocenters. The first-order valence-corrected chi connectivity index (χ1v) is 9.26. The Morgan fingerprint density at radius 3 is 2.62 bits per heavy atom. The fraction of sp³-hybridized carbons (Fsp3) is 0.222. The molecule has 1 aromatic heterocycles. The highest BCUT2D eigenvalue weighted by molar-refractivity contribution is 6.38. The van der Waals surface area contributed by atoms with Crippen molar-refractivity contribution in [2.24, 2.45) is 10.8 Å². The molecule has 1 aliphatic heterocycles. The van der Waals surface area contributed by atoms with Crippen LogP contribution in [-0.2, 0) is 0 Å². The van der Waals surface area contributed by atoms with Gasteiger partial charge in [0.2, 0.25) is 5.88 Å². The molecule has 0 saturated carbocycles. The molecular formula is C18H18Cl2N6O3. The third-order valence-electron chi connectivity index (χ3n) is 4.23. The van der Waals surface area contributed by atoms with Crippen LogP contribution in [0.5, 0.6) is 11.6 Å².